The van der Waals surface area contributed by atoms with Crippen LogP contribution in [0, 0.1) is 11.3 Å². The highest BCUT2D eigenvalue weighted by molar-refractivity contribution is 5.05. The Hall–Kier alpha value is -0.120. The molecule has 3 N–H and O–H groups in total. The lowest BCUT2D eigenvalue weighted by Crippen LogP contribution is -2.60. The third kappa shape index (κ3) is 2.70. The van der Waals surface area contributed by atoms with Crippen LogP contribution >= 0.6 is 0 Å². The number of nitrogens with zero attached hydrogens (tertiary/aromatic N) is 1. The van der Waals surface area contributed by atoms with E-state index in [0.29, 0.717) is 12.6 Å². The summed E-state index contributed by atoms with van der Waals surface area (Å²) in [5.74, 6) is 0.854. The zero-order chi connectivity index (χ0) is 14.1. The van der Waals surface area contributed by atoms with Gasteiger partial charge in [-0.3, -0.25) is 0 Å². The second-order valence-corrected chi connectivity index (χ2v) is 7.15. The molecular formula is C16H32N2O. The number of nitrogens with two attached hydrogens (primary N) is 1. The molecule has 0 bridgehead atoms. The lowest BCUT2D eigenvalue weighted by molar-refractivity contribution is -0.144. The van der Waals surface area contributed by atoms with Crippen LogP contribution in [0.5, 0.6) is 0 Å². The van der Waals surface area contributed by atoms with E-state index in [1.165, 1.54) is 19.3 Å². The van der Waals surface area contributed by atoms with Gasteiger partial charge in [-0.05, 0) is 58.4 Å². The molecule has 2 fully saturated rings. The third-order valence-corrected chi connectivity index (χ3v) is 6.28. The molecule has 0 aromatic heterocycles. The minimum atomic E-state index is -0.535. The van der Waals surface area contributed by atoms with E-state index in [9.17, 15) is 5.11 Å². The summed E-state index contributed by atoms with van der Waals surface area (Å²) < 4.78 is 0. The summed E-state index contributed by atoms with van der Waals surface area (Å²) in [5, 5.41) is 11.3. The van der Waals surface area contributed by atoms with Crippen LogP contribution in [-0.4, -0.2) is 41.8 Å². The van der Waals surface area contributed by atoms with Crippen molar-refractivity contribution in [1.29, 1.82) is 0 Å². The molecule has 1 heterocycles. The van der Waals surface area contributed by atoms with Gasteiger partial charge in [0.15, 0.2) is 0 Å². The number of aliphatic hydroxyl groups is 1. The van der Waals surface area contributed by atoms with Gasteiger partial charge >= 0.3 is 0 Å². The highest BCUT2D eigenvalue weighted by Crippen LogP contribution is 2.51. The molecule has 3 heteroatoms. The van der Waals surface area contributed by atoms with Gasteiger partial charge in [-0.2, -0.15) is 0 Å². The highest BCUT2D eigenvalue weighted by atomic mass is 16.3. The number of rotatable bonds is 3. The lowest BCUT2D eigenvalue weighted by Gasteiger charge is -2.54. The largest absolute Gasteiger partial charge is 0.389 e. The second kappa shape index (κ2) is 5.71. The fourth-order valence-electron chi connectivity index (χ4n) is 4.31. The van der Waals surface area contributed by atoms with Crippen LogP contribution in [0.25, 0.3) is 0 Å². The van der Waals surface area contributed by atoms with E-state index in [2.05, 4.69) is 25.8 Å². The van der Waals surface area contributed by atoms with Crippen LogP contribution in [0.4, 0.5) is 0 Å². The van der Waals surface area contributed by atoms with E-state index in [4.69, 9.17) is 5.73 Å². The predicted octanol–water partition coefficient (Wildman–Crippen LogP) is 2.38. The molecule has 0 aromatic rings. The Balaban J connectivity index is 2.12. The van der Waals surface area contributed by atoms with Crippen molar-refractivity contribution in [3.63, 3.8) is 0 Å². The standard InChI is InChI=1S/C16H32N2O/c1-4-14-5-7-15(12-17,8-6-14)16(19)9-10-18(3)13(2)11-16/h13-14,19H,4-12,17H2,1-3H3. The maximum atomic E-state index is 11.3. The molecule has 2 rings (SSSR count). The van der Waals surface area contributed by atoms with Gasteiger partial charge in [0, 0.05) is 24.5 Å². The van der Waals surface area contributed by atoms with Gasteiger partial charge in [0.1, 0.15) is 0 Å². The maximum Gasteiger partial charge on any atom is 0.0742 e. The smallest absolute Gasteiger partial charge is 0.0742 e. The quantitative estimate of drug-likeness (QED) is 0.826. The number of likely N-dealkylation sites (tertiary alicyclic amines) is 1. The topological polar surface area (TPSA) is 49.5 Å². The fourth-order valence-corrected chi connectivity index (χ4v) is 4.31. The van der Waals surface area contributed by atoms with Crippen molar-refractivity contribution in [3.8, 4) is 0 Å². The van der Waals surface area contributed by atoms with Gasteiger partial charge in [-0.1, -0.05) is 13.3 Å². The van der Waals surface area contributed by atoms with Crippen LogP contribution in [0.1, 0.15) is 58.8 Å². The highest BCUT2D eigenvalue weighted by Gasteiger charge is 2.52. The third-order valence-electron chi connectivity index (χ3n) is 6.28. The Bertz CT molecular complexity index is 299. The van der Waals surface area contributed by atoms with E-state index in [1.54, 1.807) is 0 Å². The van der Waals surface area contributed by atoms with E-state index in [-0.39, 0.29) is 5.41 Å². The number of hydrogen-bond donors (Lipinski definition) is 2. The molecular weight excluding hydrogens is 236 g/mol. The first-order valence-corrected chi connectivity index (χ1v) is 8.09. The van der Waals surface area contributed by atoms with Crippen molar-refractivity contribution in [2.75, 3.05) is 20.1 Å². The van der Waals surface area contributed by atoms with Crippen LogP contribution in [0.3, 0.4) is 0 Å². The van der Waals surface area contributed by atoms with Crippen LogP contribution in [-0.2, 0) is 0 Å². The molecule has 0 amide bonds. The Morgan fingerprint density at radius 3 is 2.37 bits per heavy atom. The molecule has 0 spiro atoms. The first-order chi connectivity index (χ1) is 8.96. The average molecular weight is 268 g/mol. The SMILES string of the molecule is CCC1CCC(CN)(C2(O)CCN(C)C(C)C2)CC1. The second-order valence-electron chi connectivity index (χ2n) is 7.15. The average Bonchev–Trinajstić information content (AvgIpc) is 2.43. The zero-order valence-electron chi connectivity index (χ0n) is 13.0. The summed E-state index contributed by atoms with van der Waals surface area (Å²) in [4.78, 5) is 2.36. The van der Waals surface area contributed by atoms with Crippen molar-refractivity contribution in [2.45, 2.75) is 70.4 Å². The summed E-state index contributed by atoms with van der Waals surface area (Å²) in [7, 11) is 2.16. The first-order valence-electron chi connectivity index (χ1n) is 8.09. The predicted molar refractivity (Wildman–Crippen MR) is 80.0 cm³/mol. The molecule has 0 radical (unpaired) electrons. The van der Waals surface area contributed by atoms with Crippen LogP contribution in [0.2, 0.25) is 0 Å². The van der Waals surface area contributed by atoms with E-state index in [1.807, 2.05) is 0 Å². The number of hydrogen-bond acceptors (Lipinski definition) is 3. The van der Waals surface area contributed by atoms with Crippen LogP contribution < -0.4 is 5.73 Å². The fraction of sp³-hybridized carbons (Fsp3) is 1.00. The van der Waals surface area contributed by atoms with Gasteiger partial charge in [0.2, 0.25) is 0 Å². The molecule has 2 aliphatic rings. The summed E-state index contributed by atoms with van der Waals surface area (Å²) >= 11 is 0. The molecule has 112 valence electrons. The number of piperidine rings is 1. The maximum absolute atomic E-state index is 11.3. The van der Waals surface area contributed by atoms with Gasteiger partial charge in [-0.15, -0.1) is 0 Å². The van der Waals surface area contributed by atoms with Gasteiger partial charge < -0.3 is 15.7 Å². The molecule has 1 aliphatic carbocycles. The summed E-state index contributed by atoms with van der Waals surface area (Å²) in [5.41, 5.74) is 5.59. The zero-order valence-corrected chi connectivity index (χ0v) is 13.0. The summed E-state index contributed by atoms with van der Waals surface area (Å²) in [6, 6.07) is 0.464. The molecule has 1 saturated heterocycles. The van der Waals surface area contributed by atoms with Crippen LogP contribution in [0.15, 0.2) is 0 Å². The van der Waals surface area contributed by atoms with Gasteiger partial charge in [0.25, 0.3) is 0 Å². The molecule has 19 heavy (non-hydrogen) atoms. The Morgan fingerprint density at radius 1 is 1.26 bits per heavy atom. The summed E-state index contributed by atoms with van der Waals surface area (Å²) in [6.45, 7) is 6.16. The van der Waals surface area contributed by atoms with Crippen molar-refractivity contribution in [1.82, 2.24) is 4.90 Å². The summed E-state index contributed by atoms with van der Waals surface area (Å²) in [6.07, 6.45) is 7.79. The van der Waals surface area contributed by atoms with Crippen molar-refractivity contribution in [2.24, 2.45) is 17.1 Å². The molecule has 3 nitrogen and oxygen atoms in total. The molecule has 2 unspecified atom stereocenters. The van der Waals surface area contributed by atoms with E-state index < -0.39 is 5.60 Å². The van der Waals surface area contributed by atoms with Gasteiger partial charge in [0.05, 0.1) is 5.60 Å². The minimum Gasteiger partial charge on any atom is -0.389 e. The minimum absolute atomic E-state index is 0.0197. The van der Waals surface area contributed by atoms with Crippen molar-refractivity contribution < 1.29 is 5.11 Å². The van der Waals surface area contributed by atoms with Crippen molar-refractivity contribution >= 4 is 0 Å². The first kappa shape index (κ1) is 15.3. The Kier molecular flexibility index (Phi) is 4.59. The van der Waals surface area contributed by atoms with E-state index >= 15 is 0 Å². The van der Waals surface area contributed by atoms with Gasteiger partial charge in [-0.25, -0.2) is 0 Å². The monoisotopic (exact) mass is 268 g/mol. The molecule has 1 saturated carbocycles. The molecule has 2 atom stereocenters. The molecule has 0 aromatic carbocycles. The molecule has 1 aliphatic heterocycles. The normalized spacial score (nSPS) is 45.3. The van der Waals surface area contributed by atoms with Crippen molar-refractivity contribution in [3.05, 3.63) is 0 Å². The lowest BCUT2D eigenvalue weighted by atomic mass is 9.57. The Morgan fingerprint density at radius 2 is 1.89 bits per heavy atom. The van der Waals surface area contributed by atoms with E-state index in [0.717, 1.165) is 38.1 Å². The Labute approximate surface area is 118 Å².